The molecule has 174 valence electrons. The molecule has 0 fully saturated rings. The summed E-state index contributed by atoms with van der Waals surface area (Å²) in [6.07, 6.45) is 0. The van der Waals surface area contributed by atoms with Gasteiger partial charge in [0, 0.05) is 30.6 Å². The van der Waals surface area contributed by atoms with Crippen molar-refractivity contribution in [1.29, 1.82) is 0 Å². The van der Waals surface area contributed by atoms with E-state index in [1.54, 1.807) is 37.3 Å². The highest BCUT2D eigenvalue weighted by atomic mass is 79.9. The van der Waals surface area contributed by atoms with Gasteiger partial charge in [-0.2, -0.15) is 4.68 Å². The Morgan fingerprint density at radius 3 is 2.63 bits per heavy atom. The Balaban J connectivity index is 1.78. The lowest BCUT2D eigenvalue weighted by atomic mass is 10.1. The predicted molar refractivity (Wildman–Crippen MR) is 147 cm³/mol. The number of nitrogens with one attached hydrogen (secondary N) is 1. The second-order valence-electron chi connectivity index (χ2n) is 7.83. The first-order valence-corrected chi connectivity index (χ1v) is 12.5. The van der Waals surface area contributed by atoms with Gasteiger partial charge in [0.05, 0.1) is 22.2 Å². The molecule has 0 bridgehead atoms. The SMILES string of the molecule is Cc1[nH]c2ccccc2c1/C(N=Nc1cccc(Cl)c1)=N/n1c(C)nc2c(Br)cc(Br)cc2c1=O. The quantitative estimate of drug-likeness (QED) is 0.129. The molecule has 0 unspecified atom stereocenters. The van der Waals surface area contributed by atoms with E-state index in [1.165, 1.54) is 4.68 Å². The maximum absolute atomic E-state index is 13.5. The molecule has 5 aromatic rings. The third-order valence-corrected chi connectivity index (χ3v) is 6.71. The number of rotatable bonds is 3. The van der Waals surface area contributed by atoms with Crippen molar-refractivity contribution in [2.24, 2.45) is 15.3 Å². The normalized spacial score (nSPS) is 12.3. The fraction of sp³-hybridized carbons (Fsp3) is 0.0800. The van der Waals surface area contributed by atoms with E-state index in [-0.39, 0.29) is 11.4 Å². The van der Waals surface area contributed by atoms with Crippen LogP contribution in [0, 0.1) is 13.8 Å². The van der Waals surface area contributed by atoms with Crippen LogP contribution in [0.15, 0.2) is 89.7 Å². The summed E-state index contributed by atoms with van der Waals surface area (Å²) in [5.74, 6) is 0.679. The standard InChI is InChI=1S/C25H17Br2ClN6O/c1-13-22(18-8-3-4-9-21(18)29-13)24(32-31-17-7-5-6-16(28)12-17)33-34-14(2)30-23-19(25(34)35)10-15(26)11-20(23)27/h3-12,29H,1-2H3/b32-31?,33-24-. The molecule has 10 heteroatoms. The van der Waals surface area contributed by atoms with Crippen molar-refractivity contribution in [2.75, 3.05) is 0 Å². The molecule has 0 radical (unpaired) electrons. The fourth-order valence-electron chi connectivity index (χ4n) is 3.85. The minimum Gasteiger partial charge on any atom is -0.358 e. The number of aromatic amines is 1. The predicted octanol–water partition coefficient (Wildman–Crippen LogP) is 7.67. The van der Waals surface area contributed by atoms with Crippen LogP contribution < -0.4 is 5.56 Å². The maximum Gasteiger partial charge on any atom is 0.282 e. The van der Waals surface area contributed by atoms with E-state index in [2.05, 4.69) is 57.2 Å². The van der Waals surface area contributed by atoms with E-state index in [1.807, 2.05) is 37.3 Å². The molecule has 0 spiro atoms. The van der Waals surface area contributed by atoms with E-state index in [4.69, 9.17) is 11.6 Å². The van der Waals surface area contributed by atoms with Gasteiger partial charge in [-0.05, 0) is 66.2 Å². The second kappa shape index (κ2) is 9.49. The van der Waals surface area contributed by atoms with Crippen LogP contribution in [-0.4, -0.2) is 20.5 Å². The third kappa shape index (κ3) is 4.59. The minimum absolute atomic E-state index is 0.264. The van der Waals surface area contributed by atoms with Crippen LogP contribution in [0.3, 0.4) is 0 Å². The number of benzene rings is 3. The number of fused-ring (bicyclic) bond motifs is 2. The van der Waals surface area contributed by atoms with Gasteiger partial charge in [0.25, 0.3) is 5.56 Å². The second-order valence-corrected chi connectivity index (χ2v) is 10.0. The Bertz CT molecular complexity index is 1740. The van der Waals surface area contributed by atoms with Crippen molar-refractivity contribution in [3.05, 3.63) is 102 Å². The highest BCUT2D eigenvalue weighted by molar-refractivity contribution is 9.11. The van der Waals surface area contributed by atoms with Gasteiger partial charge in [-0.3, -0.25) is 4.79 Å². The summed E-state index contributed by atoms with van der Waals surface area (Å²) in [5.41, 5.74) is 3.33. The summed E-state index contributed by atoms with van der Waals surface area (Å²) < 4.78 is 2.73. The molecule has 1 N–H and O–H groups in total. The summed E-state index contributed by atoms with van der Waals surface area (Å²) in [4.78, 5) is 21.5. The summed E-state index contributed by atoms with van der Waals surface area (Å²) >= 11 is 13.1. The molecule has 35 heavy (non-hydrogen) atoms. The smallest absolute Gasteiger partial charge is 0.282 e. The van der Waals surface area contributed by atoms with Crippen molar-refractivity contribution < 1.29 is 0 Å². The number of hydrogen-bond acceptors (Lipinski definition) is 4. The van der Waals surface area contributed by atoms with Crippen LogP contribution in [0.4, 0.5) is 5.69 Å². The van der Waals surface area contributed by atoms with Crippen LogP contribution in [0.25, 0.3) is 21.8 Å². The number of halogens is 3. The van der Waals surface area contributed by atoms with Crippen LogP contribution >= 0.6 is 43.5 Å². The maximum atomic E-state index is 13.5. The van der Waals surface area contributed by atoms with E-state index < -0.39 is 0 Å². The summed E-state index contributed by atoms with van der Waals surface area (Å²) in [6, 6.07) is 18.5. The topological polar surface area (TPSA) is 87.8 Å². The Morgan fingerprint density at radius 2 is 1.83 bits per heavy atom. The van der Waals surface area contributed by atoms with Gasteiger partial charge in [0.15, 0.2) is 0 Å². The molecule has 0 aliphatic heterocycles. The van der Waals surface area contributed by atoms with E-state index in [0.717, 1.165) is 26.6 Å². The third-order valence-electron chi connectivity index (χ3n) is 5.41. The molecule has 0 aliphatic carbocycles. The summed E-state index contributed by atoms with van der Waals surface area (Å²) in [6.45, 7) is 3.66. The van der Waals surface area contributed by atoms with Gasteiger partial charge in [0.2, 0.25) is 5.84 Å². The molecular weight excluding hydrogens is 596 g/mol. The van der Waals surface area contributed by atoms with Crippen LogP contribution in [0.5, 0.6) is 0 Å². The number of para-hydroxylation sites is 1. The van der Waals surface area contributed by atoms with Crippen molar-refractivity contribution in [3.63, 3.8) is 0 Å². The van der Waals surface area contributed by atoms with Gasteiger partial charge in [-0.25, -0.2) is 4.98 Å². The Hall–Kier alpha value is -3.14. The molecule has 3 aromatic carbocycles. The average molecular weight is 613 g/mol. The number of aromatic nitrogens is 3. The lowest BCUT2D eigenvalue weighted by Crippen LogP contribution is -2.22. The van der Waals surface area contributed by atoms with Crippen molar-refractivity contribution in [3.8, 4) is 0 Å². The van der Waals surface area contributed by atoms with Gasteiger partial charge >= 0.3 is 0 Å². The largest absolute Gasteiger partial charge is 0.358 e. The molecule has 0 atom stereocenters. The van der Waals surface area contributed by atoms with Crippen LogP contribution in [0.2, 0.25) is 5.02 Å². The number of nitrogens with zero attached hydrogens (tertiary/aromatic N) is 5. The zero-order valence-corrected chi connectivity index (χ0v) is 22.5. The highest BCUT2D eigenvalue weighted by Crippen LogP contribution is 2.27. The van der Waals surface area contributed by atoms with Crippen molar-refractivity contribution >= 4 is 76.8 Å². The fourth-order valence-corrected chi connectivity index (χ4v) is 5.35. The van der Waals surface area contributed by atoms with Crippen molar-refractivity contribution in [1.82, 2.24) is 14.6 Å². The van der Waals surface area contributed by atoms with Gasteiger partial charge in [-0.1, -0.05) is 51.8 Å². The average Bonchev–Trinajstić information content (AvgIpc) is 3.15. The van der Waals surface area contributed by atoms with E-state index >= 15 is 0 Å². The minimum atomic E-state index is -0.317. The van der Waals surface area contributed by atoms with E-state index in [9.17, 15) is 4.79 Å². The first-order chi connectivity index (χ1) is 16.8. The van der Waals surface area contributed by atoms with Crippen molar-refractivity contribution in [2.45, 2.75) is 13.8 Å². The molecule has 2 heterocycles. The number of aryl methyl sites for hydroxylation is 2. The van der Waals surface area contributed by atoms with Gasteiger partial charge < -0.3 is 4.98 Å². The summed E-state index contributed by atoms with van der Waals surface area (Å²) in [5, 5.41) is 15.4. The zero-order chi connectivity index (χ0) is 24.7. The Morgan fingerprint density at radius 1 is 1.03 bits per heavy atom. The van der Waals surface area contributed by atoms with Crippen LogP contribution in [-0.2, 0) is 0 Å². The monoisotopic (exact) mass is 610 g/mol. The lowest BCUT2D eigenvalue weighted by molar-refractivity contribution is 0.763. The molecule has 0 saturated heterocycles. The molecule has 0 aliphatic rings. The first-order valence-electron chi connectivity index (χ1n) is 10.5. The number of azo groups is 1. The highest BCUT2D eigenvalue weighted by Gasteiger charge is 2.17. The molecule has 5 rings (SSSR count). The van der Waals surface area contributed by atoms with E-state index in [0.29, 0.717) is 31.9 Å². The number of hydrogen-bond donors (Lipinski definition) is 1. The van der Waals surface area contributed by atoms with Gasteiger partial charge in [-0.15, -0.1) is 15.3 Å². The van der Waals surface area contributed by atoms with Crippen LogP contribution in [0.1, 0.15) is 17.1 Å². The number of H-pyrrole nitrogens is 1. The Labute approximate surface area is 221 Å². The molecule has 0 saturated carbocycles. The first kappa shape index (κ1) is 23.6. The molecule has 0 amide bonds. The molecular formula is C25H17Br2ClN6O. The van der Waals surface area contributed by atoms with Gasteiger partial charge in [0.1, 0.15) is 5.82 Å². The Kier molecular flexibility index (Phi) is 6.39. The summed E-state index contributed by atoms with van der Waals surface area (Å²) in [7, 11) is 0. The number of amidine groups is 1. The molecule has 7 nitrogen and oxygen atoms in total. The zero-order valence-electron chi connectivity index (χ0n) is 18.6. The molecule has 2 aromatic heterocycles. The lowest BCUT2D eigenvalue weighted by Gasteiger charge is -2.09.